The van der Waals surface area contributed by atoms with Crippen LogP contribution in [-0.2, 0) is 4.79 Å². The van der Waals surface area contributed by atoms with Gasteiger partial charge in [0.15, 0.2) is 11.6 Å². The highest BCUT2D eigenvalue weighted by molar-refractivity contribution is 7.97. The molecule has 0 saturated heterocycles. The van der Waals surface area contributed by atoms with Gasteiger partial charge in [-0.2, -0.15) is 4.39 Å². The molecule has 1 aliphatic carbocycles. The topological polar surface area (TPSA) is 77.2 Å². The first-order valence-corrected chi connectivity index (χ1v) is 11.2. The highest BCUT2D eigenvalue weighted by Crippen LogP contribution is 2.49. The molecule has 1 aliphatic rings. The van der Waals surface area contributed by atoms with Gasteiger partial charge in [-0.3, -0.25) is 9.93 Å². The van der Waals surface area contributed by atoms with E-state index in [-0.39, 0.29) is 23.0 Å². The molecule has 1 amide bonds. The Balaban J connectivity index is 1.96. The average molecular weight is 450 g/mol. The predicted molar refractivity (Wildman–Crippen MR) is 119 cm³/mol. The van der Waals surface area contributed by atoms with Gasteiger partial charge in [0.2, 0.25) is 11.7 Å². The van der Waals surface area contributed by atoms with Crippen LogP contribution >= 0.6 is 11.9 Å². The van der Waals surface area contributed by atoms with Crippen molar-refractivity contribution in [2.75, 3.05) is 12.4 Å². The molecule has 1 aromatic heterocycles. The maximum Gasteiger partial charge on any atom is 0.228 e. The van der Waals surface area contributed by atoms with E-state index >= 15 is 0 Å². The molecular weight excluding hydrogens is 420 g/mol. The second kappa shape index (κ2) is 9.53. The summed E-state index contributed by atoms with van der Waals surface area (Å²) < 4.78 is 33.4. The van der Waals surface area contributed by atoms with Crippen molar-refractivity contribution in [3.05, 3.63) is 47.7 Å². The van der Waals surface area contributed by atoms with Crippen LogP contribution in [-0.4, -0.2) is 18.0 Å². The number of benzene rings is 1. The van der Waals surface area contributed by atoms with Crippen LogP contribution in [0.1, 0.15) is 51.5 Å². The lowest BCUT2D eigenvalue weighted by atomic mass is 9.64. The summed E-state index contributed by atoms with van der Waals surface area (Å²) in [6.07, 6.45) is 3.80. The van der Waals surface area contributed by atoms with Crippen molar-refractivity contribution in [2.45, 2.75) is 51.0 Å². The second-order valence-electron chi connectivity index (χ2n) is 9.06. The molecule has 0 aliphatic heterocycles. The maximum atomic E-state index is 14.4. The zero-order valence-corrected chi connectivity index (χ0v) is 19.1. The van der Waals surface area contributed by atoms with E-state index in [0.29, 0.717) is 35.0 Å². The molecule has 1 saturated carbocycles. The lowest BCUT2D eigenvalue weighted by Crippen LogP contribution is -2.37. The molecule has 168 valence electrons. The van der Waals surface area contributed by atoms with Gasteiger partial charge in [-0.1, -0.05) is 26.8 Å². The number of hydrogen-bond donors (Lipinski definition) is 2. The number of ether oxygens (including phenoxy) is 1. The summed E-state index contributed by atoms with van der Waals surface area (Å²) in [5.74, 6) is -2.65. The Morgan fingerprint density at radius 2 is 2.00 bits per heavy atom. The quantitative estimate of drug-likeness (QED) is 0.588. The summed E-state index contributed by atoms with van der Waals surface area (Å²) >= 11 is 0.999. The normalized spacial score (nSPS) is 21.6. The summed E-state index contributed by atoms with van der Waals surface area (Å²) in [7, 11) is 1.32. The molecule has 2 aromatic rings. The number of carbonyl (C=O) groups is 1. The van der Waals surface area contributed by atoms with Crippen molar-refractivity contribution in [2.24, 2.45) is 22.4 Å². The molecule has 1 heterocycles. The van der Waals surface area contributed by atoms with Gasteiger partial charge >= 0.3 is 0 Å². The van der Waals surface area contributed by atoms with Crippen LogP contribution in [0.3, 0.4) is 0 Å². The van der Waals surface area contributed by atoms with E-state index < -0.39 is 17.6 Å². The number of nitrogens with one attached hydrogen (secondary N) is 1. The standard InChI is InChI=1S/C23H29F2N3O2S/c1-23(2,3)13-5-6-15(16-7-8-18(24)20(25)21(16)30-4)17(11-13)22(29)28-14-9-10-27-19(12-14)31-26/h7-10,12-13,15,17H,5-6,11,26H2,1-4H3,(H,27,28,29)/t13?,15-,17?/m0/s1. The zero-order chi connectivity index (χ0) is 22.8. The Morgan fingerprint density at radius 3 is 2.65 bits per heavy atom. The van der Waals surface area contributed by atoms with E-state index in [1.54, 1.807) is 18.3 Å². The van der Waals surface area contributed by atoms with E-state index in [1.807, 2.05) is 0 Å². The molecule has 0 bridgehead atoms. The number of nitrogens with zero attached hydrogens (tertiary/aromatic N) is 1. The van der Waals surface area contributed by atoms with Crippen molar-refractivity contribution in [1.82, 2.24) is 4.98 Å². The van der Waals surface area contributed by atoms with E-state index in [4.69, 9.17) is 9.88 Å². The molecule has 0 spiro atoms. The Hall–Kier alpha value is -2.19. The Bertz CT molecular complexity index is 949. The molecule has 3 rings (SSSR count). The van der Waals surface area contributed by atoms with Crippen LogP contribution < -0.4 is 15.2 Å². The number of methoxy groups -OCH3 is 1. The van der Waals surface area contributed by atoms with Crippen LogP contribution in [0.2, 0.25) is 0 Å². The van der Waals surface area contributed by atoms with Gasteiger partial charge in [0, 0.05) is 23.4 Å². The van der Waals surface area contributed by atoms with Gasteiger partial charge in [0.25, 0.3) is 0 Å². The average Bonchev–Trinajstić information content (AvgIpc) is 2.74. The van der Waals surface area contributed by atoms with Crippen LogP contribution in [0.4, 0.5) is 14.5 Å². The van der Waals surface area contributed by atoms with Crippen LogP contribution in [0.25, 0.3) is 0 Å². The maximum absolute atomic E-state index is 14.4. The summed E-state index contributed by atoms with van der Waals surface area (Å²) in [6.45, 7) is 6.50. The smallest absolute Gasteiger partial charge is 0.228 e. The molecule has 3 N–H and O–H groups in total. The number of anilines is 1. The van der Waals surface area contributed by atoms with Gasteiger partial charge in [0.1, 0.15) is 5.03 Å². The van der Waals surface area contributed by atoms with Crippen LogP contribution in [0.15, 0.2) is 35.5 Å². The van der Waals surface area contributed by atoms with E-state index in [2.05, 4.69) is 31.1 Å². The first-order chi connectivity index (χ1) is 14.7. The van der Waals surface area contributed by atoms with Gasteiger partial charge < -0.3 is 10.1 Å². The number of carbonyl (C=O) groups excluding carboxylic acids is 1. The third-order valence-corrected chi connectivity index (χ3v) is 6.68. The fraction of sp³-hybridized carbons (Fsp3) is 0.478. The molecule has 5 nitrogen and oxygen atoms in total. The largest absolute Gasteiger partial charge is 0.493 e. The molecule has 1 aromatic carbocycles. The summed E-state index contributed by atoms with van der Waals surface area (Å²) in [5.41, 5.74) is 1.16. The SMILES string of the molecule is COc1c([C@@H]2CCC(C(C)(C)C)CC2C(=O)Nc2ccnc(SN)c2)ccc(F)c1F. The first kappa shape index (κ1) is 23.5. The highest BCUT2D eigenvalue weighted by Gasteiger charge is 2.41. The first-order valence-electron chi connectivity index (χ1n) is 10.3. The minimum Gasteiger partial charge on any atom is -0.493 e. The number of halogens is 2. The Morgan fingerprint density at radius 1 is 1.26 bits per heavy atom. The van der Waals surface area contributed by atoms with Crippen LogP contribution in [0, 0.1) is 28.9 Å². The molecular formula is C23H29F2N3O2S. The lowest BCUT2D eigenvalue weighted by Gasteiger charge is -2.41. The van der Waals surface area contributed by atoms with Gasteiger partial charge in [-0.15, -0.1) is 0 Å². The number of nitrogens with two attached hydrogens (primary N) is 1. The van der Waals surface area contributed by atoms with Crippen molar-refractivity contribution in [3.8, 4) is 5.75 Å². The predicted octanol–water partition coefficient (Wildman–Crippen LogP) is 5.52. The lowest BCUT2D eigenvalue weighted by molar-refractivity contribution is -0.122. The zero-order valence-electron chi connectivity index (χ0n) is 18.2. The fourth-order valence-corrected chi connectivity index (χ4v) is 4.77. The highest BCUT2D eigenvalue weighted by atomic mass is 32.2. The minimum absolute atomic E-state index is 0.0294. The number of aromatic nitrogens is 1. The van der Waals surface area contributed by atoms with Crippen molar-refractivity contribution >= 4 is 23.5 Å². The summed E-state index contributed by atoms with van der Waals surface area (Å²) in [4.78, 5) is 17.5. The van der Waals surface area contributed by atoms with Gasteiger partial charge in [0.05, 0.1) is 7.11 Å². The van der Waals surface area contributed by atoms with E-state index in [0.717, 1.165) is 24.4 Å². The van der Waals surface area contributed by atoms with Crippen molar-refractivity contribution in [1.29, 1.82) is 0 Å². The van der Waals surface area contributed by atoms with E-state index in [1.165, 1.54) is 13.2 Å². The summed E-state index contributed by atoms with van der Waals surface area (Å²) in [6, 6.07) is 6.05. The van der Waals surface area contributed by atoms with Crippen molar-refractivity contribution < 1.29 is 18.3 Å². The fourth-order valence-electron chi connectivity index (χ4n) is 4.45. The second-order valence-corrected chi connectivity index (χ2v) is 9.72. The third kappa shape index (κ3) is 5.18. The minimum atomic E-state index is -1.02. The Labute approximate surface area is 186 Å². The molecule has 1 fully saturated rings. The van der Waals surface area contributed by atoms with Gasteiger partial charge in [-0.25, -0.2) is 9.37 Å². The van der Waals surface area contributed by atoms with Crippen LogP contribution in [0.5, 0.6) is 5.75 Å². The summed E-state index contributed by atoms with van der Waals surface area (Å²) in [5, 5.41) is 9.13. The third-order valence-electron chi connectivity index (χ3n) is 6.22. The number of amides is 1. The molecule has 8 heteroatoms. The number of hydrogen-bond acceptors (Lipinski definition) is 5. The molecule has 3 atom stereocenters. The molecule has 2 unspecified atom stereocenters. The van der Waals surface area contributed by atoms with E-state index in [9.17, 15) is 13.6 Å². The number of pyridine rings is 1. The molecule has 31 heavy (non-hydrogen) atoms. The number of rotatable bonds is 5. The van der Waals surface area contributed by atoms with Gasteiger partial charge in [-0.05, 0) is 66.7 Å². The monoisotopic (exact) mass is 449 g/mol. The molecule has 0 radical (unpaired) electrons. The Kier molecular flexibility index (Phi) is 7.21. The van der Waals surface area contributed by atoms with Crippen molar-refractivity contribution in [3.63, 3.8) is 0 Å².